The Morgan fingerprint density at radius 2 is 1.79 bits per heavy atom. The van der Waals surface area contributed by atoms with Gasteiger partial charge in [0, 0.05) is 50.7 Å². The van der Waals surface area contributed by atoms with Crippen LogP contribution in [0.15, 0.2) is 42.6 Å². The second-order valence-electron chi connectivity index (χ2n) is 11.5. The molecule has 2 saturated heterocycles. The molecule has 5 rings (SSSR count). The number of benzene rings is 1. The Labute approximate surface area is 242 Å². The second-order valence-corrected chi connectivity index (χ2v) is 11.5. The highest BCUT2D eigenvalue weighted by atomic mass is 19.4. The van der Waals surface area contributed by atoms with Crippen LogP contribution in [0.1, 0.15) is 67.1 Å². The fourth-order valence-corrected chi connectivity index (χ4v) is 6.69. The van der Waals surface area contributed by atoms with Gasteiger partial charge in [0.1, 0.15) is 5.60 Å². The number of carbonyl (C=O) groups excluding carboxylic acids is 3. The Morgan fingerprint density at radius 3 is 2.43 bits per heavy atom. The number of hydrogen-bond acceptors (Lipinski definition) is 6. The van der Waals surface area contributed by atoms with Crippen LogP contribution < -0.4 is 10.2 Å². The van der Waals surface area contributed by atoms with Crippen molar-refractivity contribution in [3.8, 4) is 0 Å². The van der Waals surface area contributed by atoms with Gasteiger partial charge in [-0.3, -0.25) is 24.3 Å². The third-order valence-corrected chi connectivity index (χ3v) is 9.13. The first-order chi connectivity index (χ1) is 19.9. The molecule has 2 aromatic rings. The minimum atomic E-state index is -4.56. The molecule has 3 aliphatic rings. The van der Waals surface area contributed by atoms with Gasteiger partial charge in [-0.1, -0.05) is 6.07 Å². The number of carbonyl (C=O) groups is 3. The van der Waals surface area contributed by atoms with Crippen LogP contribution in [0.5, 0.6) is 0 Å². The molecule has 226 valence electrons. The normalized spacial score (nSPS) is 26.1. The van der Waals surface area contributed by atoms with Crippen LogP contribution in [-0.2, 0) is 21.4 Å². The first kappa shape index (κ1) is 30.0. The average molecular weight is 588 g/mol. The lowest BCUT2D eigenvalue weighted by atomic mass is 9.79. The fraction of sp³-hybridized carbons (Fsp3) is 0.533. The van der Waals surface area contributed by atoms with Gasteiger partial charge in [-0.25, -0.2) is 0 Å². The van der Waals surface area contributed by atoms with Gasteiger partial charge in [0.25, 0.3) is 5.91 Å². The lowest BCUT2D eigenvalue weighted by molar-refractivity contribution is -0.137. The van der Waals surface area contributed by atoms with Crippen molar-refractivity contribution in [1.29, 1.82) is 0 Å². The van der Waals surface area contributed by atoms with Gasteiger partial charge < -0.3 is 20.2 Å². The molecule has 3 heterocycles. The number of alkyl halides is 3. The zero-order chi connectivity index (χ0) is 30.2. The molecule has 2 N–H and O–H groups in total. The van der Waals surface area contributed by atoms with Crippen LogP contribution in [0.4, 0.5) is 18.9 Å². The number of nitrogens with zero attached hydrogens (tertiary/aromatic N) is 4. The minimum absolute atomic E-state index is 0.0243. The van der Waals surface area contributed by atoms with Crippen molar-refractivity contribution < 1.29 is 32.7 Å². The number of anilines is 1. The zero-order valence-corrected chi connectivity index (χ0v) is 23.7. The van der Waals surface area contributed by atoms with Crippen molar-refractivity contribution in [3.63, 3.8) is 0 Å². The van der Waals surface area contributed by atoms with Gasteiger partial charge >= 0.3 is 6.18 Å². The number of nitrogens with one attached hydrogen (secondary N) is 1. The van der Waals surface area contributed by atoms with Crippen molar-refractivity contribution >= 4 is 23.4 Å². The molecule has 1 aromatic heterocycles. The summed E-state index contributed by atoms with van der Waals surface area (Å²) in [4.78, 5) is 47.3. The monoisotopic (exact) mass is 587 g/mol. The van der Waals surface area contributed by atoms with E-state index in [0.717, 1.165) is 44.4 Å². The van der Waals surface area contributed by atoms with Crippen molar-refractivity contribution in [1.82, 2.24) is 20.1 Å². The maximum atomic E-state index is 13.0. The number of fused-ring (bicyclic) bond motifs is 1. The van der Waals surface area contributed by atoms with E-state index in [4.69, 9.17) is 0 Å². The number of aliphatic hydroxyl groups is 1. The molecule has 1 aliphatic carbocycles. The highest BCUT2D eigenvalue weighted by molar-refractivity contribution is 5.96. The number of amides is 3. The van der Waals surface area contributed by atoms with E-state index in [9.17, 15) is 32.7 Å². The molecule has 42 heavy (non-hydrogen) atoms. The smallest absolute Gasteiger partial charge is 0.384 e. The number of likely N-dealkylation sites (tertiary alicyclic amines) is 2. The van der Waals surface area contributed by atoms with Crippen LogP contribution in [0, 0.1) is 0 Å². The number of aromatic nitrogens is 1. The molecule has 12 heteroatoms. The fourth-order valence-electron chi connectivity index (χ4n) is 6.69. The average Bonchev–Trinajstić information content (AvgIpc) is 3.58. The Bertz CT molecular complexity index is 1330. The van der Waals surface area contributed by atoms with Gasteiger partial charge in [0.2, 0.25) is 11.8 Å². The van der Waals surface area contributed by atoms with Crippen molar-refractivity contribution in [2.75, 3.05) is 31.6 Å². The van der Waals surface area contributed by atoms with E-state index >= 15 is 0 Å². The largest absolute Gasteiger partial charge is 0.416 e. The molecule has 3 fully saturated rings. The molecule has 0 unspecified atom stereocenters. The molecule has 2 aliphatic heterocycles. The maximum absolute atomic E-state index is 13.0. The summed E-state index contributed by atoms with van der Waals surface area (Å²) in [6.07, 6.45) is 1.37. The molecule has 1 saturated carbocycles. The van der Waals surface area contributed by atoms with E-state index in [1.807, 2.05) is 0 Å². The Morgan fingerprint density at radius 1 is 1.07 bits per heavy atom. The van der Waals surface area contributed by atoms with Crippen molar-refractivity contribution in [2.24, 2.45) is 0 Å². The predicted octanol–water partition coefficient (Wildman–Crippen LogP) is 3.32. The summed E-state index contributed by atoms with van der Waals surface area (Å²) in [5, 5.41) is 13.9. The predicted molar refractivity (Wildman–Crippen MR) is 148 cm³/mol. The Hall–Kier alpha value is -3.51. The number of pyridine rings is 1. The van der Waals surface area contributed by atoms with Crippen molar-refractivity contribution in [2.45, 2.75) is 75.4 Å². The summed E-state index contributed by atoms with van der Waals surface area (Å²) in [5.74, 6) is -1.06. The third kappa shape index (κ3) is 6.00. The quantitative estimate of drug-likeness (QED) is 0.538. The molecule has 9 nitrogen and oxygen atoms in total. The summed E-state index contributed by atoms with van der Waals surface area (Å²) in [5.41, 5.74) is -0.815. The van der Waals surface area contributed by atoms with Crippen LogP contribution in [-0.4, -0.2) is 82.4 Å². The van der Waals surface area contributed by atoms with E-state index in [0.29, 0.717) is 30.8 Å². The van der Waals surface area contributed by atoms with Gasteiger partial charge in [0.05, 0.1) is 29.7 Å². The number of halogens is 3. The molecule has 3 amide bonds. The van der Waals surface area contributed by atoms with E-state index in [1.165, 1.54) is 24.0 Å². The Kier molecular flexibility index (Phi) is 8.30. The number of hydrogen-bond donors (Lipinski definition) is 2. The minimum Gasteiger partial charge on any atom is -0.384 e. The standard InChI is InChI=1S/C30H36F3N5O4/c1-19(39)36(2)23-6-7-26(34-17-23)29(42)12-8-22(9-13-29)37-14-10-25-24(37)11-15-38(25)27(40)18-35-28(41)20-4-3-5-21(16-20)30(31,32)33/h3-7,16-17,22,24-25,42H,8-15,18H2,1-2H3,(H,35,41)/t22?,24-,25-,29?/m0/s1. The van der Waals surface area contributed by atoms with E-state index in [1.54, 1.807) is 30.3 Å². The topological polar surface area (TPSA) is 106 Å². The summed E-state index contributed by atoms with van der Waals surface area (Å²) in [7, 11) is 1.68. The van der Waals surface area contributed by atoms with E-state index < -0.39 is 23.2 Å². The third-order valence-electron chi connectivity index (χ3n) is 9.13. The van der Waals surface area contributed by atoms with Crippen LogP contribution >= 0.6 is 0 Å². The lowest BCUT2D eigenvalue weighted by Gasteiger charge is -2.41. The van der Waals surface area contributed by atoms with Crippen LogP contribution in [0.3, 0.4) is 0 Å². The SMILES string of the molecule is CC(=O)N(C)c1ccc(C2(O)CCC(N3CC[C@H]4[C@@H]3CCN4C(=O)CNC(=O)c3cccc(C(F)(F)F)c3)CC2)nc1. The van der Waals surface area contributed by atoms with E-state index in [2.05, 4.69) is 15.2 Å². The molecule has 0 bridgehead atoms. The highest BCUT2D eigenvalue weighted by Gasteiger charge is 2.48. The number of rotatable bonds is 6. The van der Waals surface area contributed by atoms with Gasteiger partial charge in [-0.05, 0) is 68.9 Å². The lowest BCUT2D eigenvalue weighted by Crippen LogP contribution is -2.47. The summed E-state index contributed by atoms with van der Waals surface area (Å²) >= 11 is 0. The maximum Gasteiger partial charge on any atom is 0.416 e. The molecule has 0 spiro atoms. The van der Waals surface area contributed by atoms with Crippen LogP contribution in [0.25, 0.3) is 0 Å². The van der Waals surface area contributed by atoms with Gasteiger partial charge in [-0.2, -0.15) is 13.2 Å². The molecule has 0 radical (unpaired) electrons. The first-order valence-corrected chi connectivity index (χ1v) is 14.3. The molecule has 1 aromatic carbocycles. The second kappa shape index (κ2) is 11.6. The summed E-state index contributed by atoms with van der Waals surface area (Å²) < 4.78 is 39.0. The van der Waals surface area contributed by atoms with Gasteiger partial charge in [-0.15, -0.1) is 0 Å². The molecular weight excluding hydrogens is 551 g/mol. The van der Waals surface area contributed by atoms with E-state index in [-0.39, 0.29) is 42.0 Å². The summed E-state index contributed by atoms with van der Waals surface area (Å²) in [6, 6.07) is 8.22. The molecular formula is C30H36F3N5O4. The van der Waals surface area contributed by atoms with Crippen LogP contribution in [0.2, 0.25) is 0 Å². The van der Waals surface area contributed by atoms with Gasteiger partial charge in [0.15, 0.2) is 0 Å². The molecule has 2 atom stereocenters. The Balaban J connectivity index is 1.13. The highest BCUT2D eigenvalue weighted by Crippen LogP contribution is 2.42. The zero-order valence-electron chi connectivity index (χ0n) is 23.7. The first-order valence-electron chi connectivity index (χ1n) is 14.3. The van der Waals surface area contributed by atoms with Crippen molar-refractivity contribution in [3.05, 3.63) is 59.4 Å². The summed E-state index contributed by atoms with van der Waals surface area (Å²) in [6.45, 7) is 2.60.